The number of nitrogens with zero attached hydrogens (tertiary/aromatic N) is 2. The maximum Gasteiger partial charge on any atom is 0.215 e. The molecule has 1 N–H and O–H groups in total. The molecule has 3 aromatic rings. The van der Waals surface area contributed by atoms with Crippen LogP contribution in [0.1, 0.15) is 17.2 Å². The van der Waals surface area contributed by atoms with Gasteiger partial charge in [-0.2, -0.15) is 16.4 Å². The maximum absolute atomic E-state index is 13.7. The van der Waals surface area contributed by atoms with Gasteiger partial charge in [0.2, 0.25) is 10.0 Å². The molecule has 132 valence electrons. The average molecular weight is 383 g/mol. The standard InChI is InChI=1S/C16H15F2N3O2S2/c17-14-2-3-15(18)13(8-14)11-25(22,23)20-9-16(12-4-7-24-10-12)21-6-1-5-19-21/h1-8,10,16,20H,9,11H2/t16-/m1/s1. The molecule has 0 aliphatic carbocycles. The Labute approximate surface area is 148 Å². The maximum atomic E-state index is 13.7. The van der Waals surface area contributed by atoms with Gasteiger partial charge in [0.1, 0.15) is 11.6 Å². The van der Waals surface area contributed by atoms with Crippen molar-refractivity contribution < 1.29 is 17.2 Å². The number of benzene rings is 1. The second-order valence-corrected chi connectivity index (χ2v) is 7.99. The number of rotatable bonds is 7. The molecule has 0 bridgehead atoms. The Kier molecular flexibility index (Phi) is 5.26. The van der Waals surface area contributed by atoms with Crippen molar-refractivity contribution in [1.82, 2.24) is 14.5 Å². The summed E-state index contributed by atoms with van der Waals surface area (Å²) in [5, 5.41) is 7.96. The van der Waals surface area contributed by atoms with E-state index in [-0.39, 0.29) is 18.2 Å². The number of aromatic nitrogens is 2. The highest BCUT2D eigenvalue weighted by molar-refractivity contribution is 7.88. The number of hydrogen-bond acceptors (Lipinski definition) is 4. The lowest BCUT2D eigenvalue weighted by Crippen LogP contribution is -2.32. The van der Waals surface area contributed by atoms with E-state index in [1.807, 2.05) is 16.8 Å². The first-order valence-corrected chi connectivity index (χ1v) is 9.96. The summed E-state index contributed by atoms with van der Waals surface area (Å²) in [4.78, 5) is 0. The highest BCUT2D eigenvalue weighted by atomic mass is 32.2. The lowest BCUT2D eigenvalue weighted by molar-refractivity contribution is 0.505. The van der Waals surface area contributed by atoms with E-state index in [1.165, 1.54) is 11.3 Å². The van der Waals surface area contributed by atoms with Crippen LogP contribution in [0.5, 0.6) is 0 Å². The van der Waals surface area contributed by atoms with Gasteiger partial charge in [0.25, 0.3) is 0 Å². The van der Waals surface area contributed by atoms with Crippen molar-refractivity contribution in [3.8, 4) is 0 Å². The lowest BCUT2D eigenvalue weighted by atomic mass is 10.1. The lowest BCUT2D eigenvalue weighted by Gasteiger charge is -2.17. The Bertz CT molecular complexity index is 892. The van der Waals surface area contributed by atoms with Gasteiger partial charge in [-0.3, -0.25) is 4.68 Å². The van der Waals surface area contributed by atoms with Crippen molar-refractivity contribution >= 4 is 21.4 Å². The number of hydrogen-bond donors (Lipinski definition) is 1. The summed E-state index contributed by atoms with van der Waals surface area (Å²) in [5.74, 6) is -2.07. The van der Waals surface area contributed by atoms with E-state index < -0.39 is 27.4 Å². The van der Waals surface area contributed by atoms with E-state index in [9.17, 15) is 17.2 Å². The van der Waals surface area contributed by atoms with Gasteiger partial charge in [-0.15, -0.1) is 0 Å². The molecule has 1 atom stereocenters. The van der Waals surface area contributed by atoms with E-state index in [1.54, 1.807) is 23.1 Å². The summed E-state index contributed by atoms with van der Waals surface area (Å²) < 4.78 is 55.6. The van der Waals surface area contributed by atoms with E-state index in [0.717, 1.165) is 23.8 Å². The fourth-order valence-corrected chi connectivity index (χ4v) is 4.26. The van der Waals surface area contributed by atoms with Gasteiger partial charge in [0.15, 0.2) is 0 Å². The molecule has 0 fully saturated rings. The van der Waals surface area contributed by atoms with Crippen LogP contribution in [-0.2, 0) is 15.8 Å². The molecule has 5 nitrogen and oxygen atoms in total. The van der Waals surface area contributed by atoms with Gasteiger partial charge >= 0.3 is 0 Å². The molecule has 25 heavy (non-hydrogen) atoms. The quantitative estimate of drug-likeness (QED) is 0.682. The molecular weight excluding hydrogens is 368 g/mol. The highest BCUT2D eigenvalue weighted by Crippen LogP contribution is 2.20. The minimum atomic E-state index is -3.85. The summed E-state index contributed by atoms with van der Waals surface area (Å²) in [6.07, 6.45) is 3.35. The topological polar surface area (TPSA) is 64.0 Å². The third-order valence-corrected chi connectivity index (χ3v) is 5.62. The minimum Gasteiger partial charge on any atom is -0.264 e. The zero-order valence-electron chi connectivity index (χ0n) is 13.0. The Balaban J connectivity index is 1.75. The third-order valence-electron chi connectivity index (χ3n) is 3.62. The average Bonchev–Trinajstić information content (AvgIpc) is 3.25. The fraction of sp³-hybridized carbons (Fsp3) is 0.188. The molecule has 9 heteroatoms. The first kappa shape index (κ1) is 17.7. The van der Waals surface area contributed by atoms with Crippen LogP contribution in [0, 0.1) is 11.6 Å². The number of sulfonamides is 1. The van der Waals surface area contributed by atoms with Crippen LogP contribution in [0.15, 0.2) is 53.5 Å². The van der Waals surface area contributed by atoms with Crippen molar-refractivity contribution in [2.45, 2.75) is 11.8 Å². The van der Waals surface area contributed by atoms with Crippen LogP contribution in [0.2, 0.25) is 0 Å². The Morgan fingerprint density at radius 3 is 2.80 bits per heavy atom. The smallest absolute Gasteiger partial charge is 0.215 e. The van der Waals surface area contributed by atoms with Gasteiger partial charge in [-0.05, 0) is 46.7 Å². The molecule has 1 aromatic carbocycles. The van der Waals surface area contributed by atoms with Gasteiger partial charge in [-0.25, -0.2) is 21.9 Å². The van der Waals surface area contributed by atoms with Crippen molar-refractivity contribution in [3.05, 3.63) is 76.2 Å². The zero-order valence-corrected chi connectivity index (χ0v) is 14.6. The Hall–Kier alpha value is -2.10. The first-order valence-electron chi connectivity index (χ1n) is 7.37. The Morgan fingerprint density at radius 1 is 1.28 bits per heavy atom. The van der Waals surface area contributed by atoms with E-state index in [2.05, 4.69) is 9.82 Å². The summed E-state index contributed by atoms with van der Waals surface area (Å²) in [6, 6.07) is 6.06. The third kappa shape index (κ3) is 4.50. The summed E-state index contributed by atoms with van der Waals surface area (Å²) in [5.41, 5.74) is 0.701. The summed E-state index contributed by atoms with van der Waals surface area (Å²) in [7, 11) is -3.85. The van der Waals surface area contributed by atoms with Gasteiger partial charge < -0.3 is 0 Å². The molecule has 3 rings (SSSR count). The van der Waals surface area contributed by atoms with Crippen molar-refractivity contribution in [2.24, 2.45) is 0 Å². The van der Waals surface area contributed by atoms with Crippen LogP contribution >= 0.6 is 11.3 Å². The molecule has 0 aliphatic heterocycles. The van der Waals surface area contributed by atoms with Crippen LogP contribution in [0.25, 0.3) is 0 Å². The second-order valence-electron chi connectivity index (χ2n) is 5.40. The molecule has 0 amide bonds. The largest absolute Gasteiger partial charge is 0.264 e. The van der Waals surface area contributed by atoms with Gasteiger partial charge in [0.05, 0.1) is 11.8 Å². The molecule has 0 spiro atoms. The SMILES string of the molecule is O=S(=O)(Cc1cc(F)ccc1F)NC[C@H](c1ccsc1)n1cccn1. The Morgan fingerprint density at radius 2 is 2.12 bits per heavy atom. The molecule has 0 saturated heterocycles. The summed E-state index contributed by atoms with van der Waals surface area (Å²) in [6.45, 7) is 0.0533. The molecule has 0 saturated carbocycles. The minimum absolute atomic E-state index is 0.0533. The molecule has 0 radical (unpaired) electrons. The molecular formula is C16H15F2N3O2S2. The van der Waals surface area contributed by atoms with Crippen molar-refractivity contribution in [1.29, 1.82) is 0 Å². The van der Waals surface area contributed by atoms with Crippen LogP contribution in [-0.4, -0.2) is 24.7 Å². The molecule has 2 aromatic heterocycles. The van der Waals surface area contributed by atoms with Crippen molar-refractivity contribution in [2.75, 3.05) is 6.54 Å². The second kappa shape index (κ2) is 7.42. The number of halogens is 2. The van der Waals surface area contributed by atoms with E-state index in [0.29, 0.717) is 0 Å². The molecule has 2 heterocycles. The van der Waals surface area contributed by atoms with Crippen LogP contribution in [0.4, 0.5) is 8.78 Å². The predicted molar refractivity (Wildman–Crippen MR) is 91.7 cm³/mol. The monoisotopic (exact) mass is 383 g/mol. The van der Waals surface area contributed by atoms with Crippen LogP contribution < -0.4 is 4.72 Å². The van der Waals surface area contributed by atoms with E-state index in [4.69, 9.17) is 0 Å². The predicted octanol–water partition coefficient (Wildman–Crippen LogP) is 2.93. The van der Waals surface area contributed by atoms with Crippen molar-refractivity contribution in [3.63, 3.8) is 0 Å². The van der Waals surface area contributed by atoms with Crippen LogP contribution in [0.3, 0.4) is 0 Å². The normalized spacial score (nSPS) is 13.0. The highest BCUT2D eigenvalue weighted by Gasteiger charge is 2.20. The first-order chi connectivity index (χ1) is 11.9. The zero-order chi connectivity index (χ0) is 17.9. The van der Waals surface area contributed by atoms with Gasteiger partial charge in [0, 0.05) is 24.5 Å². The van der Waals surface area contributed by atoms with E-state index >= 15 is 0 Å². The molecule has 0 unspecified atom stereocenters. The fourth-order valence-electron chi connectivity index (χ4n) is 2.41. The number of nitrogens with one attached hydrogen (secondary N) is 1. The molecule has 0 aliphatic rings. The van der Waals surface area contributed by atoms with Gasteiger partial charge in [-0.1, -0.05) is 0 Å². The summed E-state index contributed by atoms with van der Waals surface area (Å²) >= 11 is 1.50. The number of thiophene rings is 1.